The number of hydrogen-bond donors (Lipinski definition) is 1. The van der Waals surface area contributed by atoms with Crippen LogP contribution in [0.5, 0.6) is 0 Å². The summed E-state index contributed by atoms with van der Waals surface area (Å²) >= 11 is 3.03. The summed E-state index contributed by atoms with van der Waals surface area (Å²) in [6.45, 7) is 1.87. The van der Waals surface area contributed by atoms with E-state index in [0.717, 1.165) is 0 Å². The van der Waals surface area contributed by atoms with Crippen LogP contribution in [-0.4, -0.2) is 9.97 Å². The van der Waals surface area contributed by atoms with Crippen LogP contribution in [0.1, 0.15) is 12.7 Å². The highest BCUT2D eigenvalue weighted by Gasteiger charge is 2.07. The van der Waals surface area contributed by atoms with Crippen LogP contribution in [0.15, 0.2) is 21.4 Å². The normalized spacial score (nSPS) is 10.9. The van der Waals surface area contributed by atoms with Crippen LogP contribution >= 0.6 is 15.9 Å². The summed E-state index contributed by atoms with van der Waals surface area (Å²) in [4.78, 5) is 18.4. The van der Waals surface area contributed by atoms with E-state index >= 15 is 0 Å². The van der Waals surface area contributed by atoms with E-state index in [1.165, 1.54) is 12.1 Å². The number of H-pyrrole nitrogens is 1. The number of rotatable bonds is 1. The number of halogens is 2. The molecule has 1 heterocycles. The third kappa shape index (κ3) is 1.79. The van der Waals surface area contributed by atoms with Gasteiger partial charge in [-0.15, -0.1) is 0 Å². The number of nitrogens with zero attached hydrogens (tertiary/aromatic N) is 1. The zero-order valence-corrected chi connectivity index (χ0v) is 9.56. The summed E-state index contributed by atoms with van der Waals surface area (Å²) in [5.41, 5.74) is 0.147. The monoisotopic (exact) mass is 270 g/mol. The molecule has 15 heavy (non-hydrogen) atoms. The first kappa shape index (κ1) is 10.3. The molecule has 2 rings (SSSR count). The molecular weight excluding hydrogens is 263 g/mol. The van der Waals surface area contributed by atoms with E-state index in [9.17, 15) is 9.18 Å². The van der Waals surface area contributed by atoms with Gasteiger partial charge in [0, 0.05) is 12.5 Å². The summed E-state index contributed by atoms with van der Waals surface area (Å²) < 4.78 is 13.5. The number of aromatic nitrogens is 2. The molecule has 5 heteroatoms. The summed E-state index contributed by atoms with van der Waals surface area (Å²) in [7, 11) is 0. The van der Waals surface area contributed by atoms with Crippen molar-refractivity contribution in [2.45, 2.75) is 13.3 Å². The SMILES string of the molecule is CCc1nc2cc(F)c(Br)cc2c(=O)[nH]1. The van der Waals surface area contributed by atoms with Gasteiger partial charge in [0.25, 0.3) is 5.56 Å². The van der Waals surface area contributed by atoms with Crippen molar-refractivity contribution in [3.63, 3.8) is 0 Å². The zero-order chi connectivity index (χ0) is 11.0. The Morgan fingerprint density at radius 2 is 2.27 bits per heavy atom. The molecule has 0 aliphatic rings. The second-order valence-corrected chi connectivity index (χ2v) is 4.00. The molecule has 0 amide bonds. The first-order valence-electron chi connectivity index (χ1n) is 4.49. The minimum Gasteiger partial charge on any atom is -0.310 e. The van der Waals surface area contributed by atoms with Gasteiger partial charge in [-0.25, -0.2) is 9.37 Å². The molecule has 1 N–H and O–H groups in total. The largest absolute Gasteiger partial charge is 0.310 e. The Hall–Kier alpha value is -1.23. The maximum absolute atomic E-state index is 13.2. The zero-order valence-electron chi connectivity index (χ0n) is 7.97. The number of hydrogen-bond acceptors (Lipinski definition) is 2. The summed E-state index contributed by atoms with van der Waals surface area (Å²) in [6, 6.07) is 2.70. The number of fused-ring (bicyclic) bond motifs is 1. The van der Waals surface area contributed by atoms with Gasteiger partial charge >= 0.3 is 0 Å². The van der Waals surface area contributed by atoms with Crippen LogP contribution < -0.4 is 5.56 Å². The predicted molar refractivity (Wildman–Crippen MR) is 59.4 cm³/mol. The van der Waals surface area contributed by atoms with Crippen molar-refractivity contribution >= 4 is 26.8 Å². The van der Waals surface area contributed by atoms with Crippen LogP contribution in [0, 0.1) is 5.82 Å². The van der Waals surface area contributed by atoms with Gasteiger partial charge < -0.3 is 4.98 Å². The van der Waals surface area contributed by atoms with Crippen molar-refractivity contribution < 1.29 is 4.39 Å². The molecular formula is C10H8BrFN2O. The predicted octanol–water partition coefficient (Wildman–Crippen LogP) is 2.39. The maximum atomic E-state index is 13.2. The van der Waals surface area contributed by atoms with Crippen molar-refractivity contribution in [2.24, 2.45) is 0 Å². The van der Waals surface area contributed by atoms with Crippen molar-refractivity contribution in [3.05, 3.63) is 38.6 Å². The second-order valence-electron chi connectivity index (χ2n) is 3.15. The topological polar surface area (TPSA) is 45.8 Å². The van der Waals surface area contributed by atoms with Gasteiger partial charge in [0.1, 0.15) is 11.6 Å². The fourth-order valence-electron chi connectivity index (χ4n) is 1.35. The van der Waals surface area contributed by atoms with Crippen molar-refractivity contribution in [3.8, 4) is 0 Å². The molecule has 0 aliphatic heterocycles. The molecule has 3 nitrogen and oxygen atoms in total. The van der Waals surface area contributed by atoms with Crippen LogP contribution in [0.25, 0.3) is 10.9 Å². The minimum absolute atomic E-state index is 0.238. The highest BCUT2D eigenvalue weighted by Crippen LogP contribution is 2.19. The number of benzene rings is 1. The minimum atomic E-state index is -0.414. The first-order chi connectivity index (χ1) is 7.11. The molecule has 2 aromatic rings. The second kappa shape index (κ2) is 3.73. The molecule has 1 aromatic carbocycles. The summed E-state index contributed by atoms with van der Waals surface area (Å²) in [6.07, 6.45) is 0.614. The quantitative estimate of drug-likeness (QED) is 0.865. The van der Waals surface area contributed by atoms with E-state index in [-0.39, 0.29) is 10.0 Å². The molecule has 0 saturated carbocycles. The molecule has 0 aliphatic carbocycles. The highest BCUT2D eigenvalue weighted by atomic mass is 79.9. The lowest BCUT2D eigenvalue weighted by Crippen LogP contribution is -2.11. The van der Waals surface area contributed by atoms with Gasteiger partial charge in [-0.05, 0) is 22.0 Å². The average Bonchev–Trinajstić information content (AvgIpc) is 2.21. The standard InChI is InChI=1S/C10H8BrFN2O/c1-2-9-13-8-4-7(12)6(11)3-5(8)10(15)14-9/h3-4H,2H2,1H3,(H,13,14,15). The van der Waals surface area contributed by atoms with E-state index in [4.69, 9.17) is 0 Å². The average molecular weight is 271 g/mol. The fraction of sp³-hybridized carbons (Fsp3) is 0.200. The highest BCUT2D eigenvalue weighted by molar-refractivity contribution is 9.10. The maximum Gasteiger partial charge on any atom is 0.258 e. The van der Waals surface area contributed by atoms with Gasteiger partial charge in [0.05, 0.1) is 15.4 Å². The molecule has 0 fully saturated rings. The van der Waals surface area contributed by atoms with Crippen molar-refractivity contribution in [2.75, 3.05) is 0 Å². The lowest BCUT2D eigenvalue weighted by molar-refractivity contribution is 0.622. The van der Waals surface area contributed by atoms with E-state index in [0.29, 0.717) is 23.1 Å². The summed E-state index contributed by atoms with van der Waals surface area (Å²) in [5.74, 6) is 0.150. The number of aryl methyl sites for hydroxylation is 1. The van der Waals surface area contributed by atoms with Gasteiger partial charge in [0.15, 0.2) is 0 Å². The molecule has 1 aromatic heterocycles. The first-order valence-corrected chi connectivity index (χ1v) is 5.29. The third-order valence-corrected chi connectivity index (χ3v) is 2.74. The van der Waals surface area contributed by atoms with E-state index < -0.39 is 5.82 Å². The van der Waals surface area contributed by atoms with Gasteiger partial charge in [-0.1, -0.05) is 6.92 Å². The van der Waals surface area contributed by atoms with Crippen LogP contribution in [0.4, 0.5) is 4.39 Å². The fourth-order valence-corrected chi connectivity index (χ4v) is 1.69. The van der Waals surface area contributed by atoms with E-state index in [2.05, 4.69) is 25.9 Å². The lowest BCUT2D eigenvalue weighted by Gasteiger charge is -2.01. The van der Waals surface area contributed by atoms with Gasteiger partial charge in [-0.3, -0.25) is 4.79 Å². The van der Waals surface area contributed by atoms with Gasteiger partial charge in [0.2, 0.25) is 0 Å². The van der Waals surface area contributed by atoms with Crippen LogP contribution in [-0.2, 0) is 6.42 Å². The van der Waals surface area contributed by atoms with Crippen molar-refractivity contribution in [1.29, 1.82) is 0 Å². The van der Waals surface area contributed by atoms with Gasteiger partial charge in [-0.2, -0.15) is 0 Å². The van der Waals surface area contributed by atoms with Crippen LogP contribution in [0.2, 0.25) is 0 Å². The van der Waals surface area contributed by atoms with E-state index in [1.807, 2.05) is 6.92 Å². The third-order valence-electron chi connectivity index (χ3n) is 2.13. The molecule has 78 valence electrons. The lowest BCUT2D eigenvalue weighted by atomic mass is 10.2. The Morgan fingerprint density at radius 3 is 2.93 bits per heavy atom. The van der Waals surface area contributed by atoms with E-state index in [1.54, 1.807) is 0 Å². The smallest absolute Gasteiger partial charge is 0.258 e. The Balaban J connectivity index is 2.86. The molecule has 0 radical (unpaired) electrons. The Bertz CT molecular complexity index is 579. The molecule has 0 bridgehead atoms. The summed E-state index contributed by atoms with van der Waals surface area (Å²) in [5, 5.41) is 0.389. The molecule has 0 unspecified atom stereocenters. The molecule has 0 atom stereocenters. The van der Waals surface area contributed by atoms with Crippen molar-refractivity contribution in [1.82, 2.24) is 9.97 Å². The molecule has 0 saturated heterocycles. The van der Waals surface area contributed by atoms with Crippen LogP contribution in [0.3, 0.4) is 0 Å². The number of nitrogens with one attached hydrogen (secondary N) is 1. The Kier molecular flexibility index (Phi) is 2.56. The Morgan fingerprint density at radius 1 is 1.53 bits per heavy atom. The Labute approximate surface area is 93.5 Å². The number of aromatic amines is 1. The molecule has 0 spiro atoms.